The van der Waals surface area contributed by atoms with Crippen LogP contribution in [0.2, 0.25) is 5.02 Å². The molecule has 42 heavy (non-hydrogen) atoms. The normalized spacial score (nSPS) is 18.5. The van der Waals surface area contributed by atoms with Crippen LogP contribution < -0.4 is 20.9 Å². The first-order valence-electron chi connectivity index (χ1n) is 13.4. The third kappa shape index (κ3) is 6.22. The van der Waals surface area contributed by atoms with E-state index >= 15 is 0 Å². The molecule has 0 unspecified atom stereocenters. The van der Waals surface area contributed by atoms with Gasteiger partial charge in [-0.05, 0) is 52.2 Å². The van der Waals surface area contributed by atoms with Gasteiger partial charge in [-0.1, -0.05) is 11.6 Å². The van der Waals surface area contributed by atoms with E-state index in [0.717, 1.165) is 12.8 Å². The van der Waals surface area contributed by atoms with Gasteiger partial charge in [0.15, 0.2) is 23.3 Å². The number of imidazole rings is 1. The number of hydrogen-bond donors (Lipinski definition) is 4. The molecule has 2 aliphatic rings. The molecule has 5 rings (SSSR count). The van der Waals surface area contributed by atoms with Crippen molar-refractivity contribution in [2.24, 2.45) is 0 Å². The van der Waals surface area contributed by atoms with Crippen molar-refractivity contribution >= 4 is 58.6 Å². The van der Waals surface area contributed by atoms with Crippen molar-refractivity contribution in [3.05, 3.63) is 40.9 Å². The molecule has 4 N–H and O–H groups in total. The Morgan fingerprint density at radius 2 is 1.98 bits per heavy atom. The van der Waals surface area contributed by atoms with Gasteiger partial charge in [0.05, 0.1) is 19.4 Å². The highest BCUT2D eigenvalue weighted by Gasteiger charge is 2.48. The number of ether oxygens (including phenoxy) is 1. The summed E-state index contributed by atoms with van der Waals surface area (Å²) in [6.45, 7) is 5.73. The maximum atomic E-state index is 13.2. The molecule has 2 fully saturated rings. The molecule has 1 atom stereocenters. The topological polar surface area (TPSA) is 181 Å². The van der Waals surface area contributed by atoms with Crippen LogP contribution in [0.4, 0.5) is 21.1 Å². The Bertz CT molecular complexity index is 1570. The number of halogens is 1. The molecule has 1 aromatic carbocycles. The quantitative estimate of drug-likeness (QED) is 0.281. The van der Waals surface area contributed by atoms with Crippen LogP contribution in [0.5, 0.6) is 0 Å². The van der Waals surface area contributed by atoms with E-state index < -0.39 is 23.3 Å². The van der Waals surface area contributed by atoms with Crippen molar-refractivity contribution in [1.82, 2.24) is 30.2 Å². The Labute approximate surface area is 245 Å². The van der Waals surface area contributed by atoms with Gasteiger partial charge in [-0.2, -0.15) is 0 Å². The summed E-state index contributed by atoms with van der Waals surface area (Å²) in [5.41, 5.74) is 0.0783. The Balaban J connectivity index is 1.47. The summed E-state index contributed by atoms with van der Waals surface area (Å²) < 4.78 is 7.01. The van der Waals surface area contributed by atoms with E-state index in [0.29, 0.717) is 45.8 Å². The number of hydrogen-bond acceptors (Lipinski definition) is 9. The molecule has 0 spiro atoms. The zero-order valence-electron chi connectivity index (χ0n) is 23.3. The maximum Gasteiger partial charge on any atom is 0.413 e. The van der Waals surface area contributed by atoms with Gasteiger partial charge in [0.25, 0.3) is 0 Å². The Morgan fingerprint density at radius 3 is 2.64 bits per heavy atom. The predicted octanol–water partition coefficient (Wildman–Crippen LogP) is 3.18. The second-order valence-electron chi connectivity index (χ2n) is 11.4. The molecule has 3 aromatic rings. The lowest BCUT2D eigenvalue weighted by atomic mass is 9.97. The zero-order chi connectivity index (χ0) is 30.2. The fourth-order valence-corrected chi connectivity index (χ4v) is 5.20. The monoisotopic (exact) mass is 598 g/mol. The van der Waals surface area contributed by atoms with Crippen molar-refractivity contribution in [1.29, 1.82) is 0 Å². The number of anilines is 2. The van der Waals surface area contributed by atoms with Crippen LogP contribution in [0, 0.1) is 0 Å². The predicted molar refractivity (Wildman–Crippen MR) is 153 cm³/mol. The average Bonchev–Trinajstić information content (AvgIpc) is 3.46. The van der Waals surface area contributed by atoms with Crippen molar-refractivity contribution in [3.8, 4) is 0 Å². The fourth-order valence-electron chi connectivity index (χ4n) is 4.98. The minimum absolute atomic E-state index is 0.0420. The molecule has 2 aromatic heterocycles. The zero-order valence-corrected chi connectivity index (χ0v) is 24.1. The molecule has 0 bridgehead atoms. The van der Waals surface area contributed by atoms with Gasteiger partial charge in [0.1, 0.15) is 17.5 Å². The number of carboxylic acid groups (broad SMARTS) is 1. The number of nitrogens with one attached hydrogen (secondary N) is 3. The van der Waals surface area contributed by atoms with Crippen LogP contribution >= 0.6 is 11.6 Å². The minimum atomic E-state index is -1.37. The maximum absolute atomic E-state index is 13.2. The molecule has 14 nitrogen and oxygen atoms in total. The number of carbonyl (C=O) groups excluding carboxylic acids is 3. The van der Waals surface area contributed by atoms with E-state index in [-0.39, 0.29) is 37.3 Å². The lowest BCUT2D eigenvalue weighted by Crippen LogP contribution is -2.60. The summed E-state index contributed by atoms with van der Waals surface area (Å²) in [6.07, 6.45) is 3.42. The Kier molecular flexibility index (Phi) is 7.66. The highest BCUT2D eigenvalue weighted by atomic mass is 35.5. The number of aromatic nitrogens is 4. The van der Waals surface area contributed by atoms with E-state index in [1.807, 2.05) is 4.90 Å². The number of rotatable bonds is 8. The Morgan fingerprint density at radius 1 is 1.21 bits per heavy atom. The summed E-state index contributed by atoms with van der Waals surface area (Å²) in [6, 6.07) is 3.27. The van der Waals surface area contributed by atoms with Crippen LogP contribution in [-0.2, 0) is 16.1 Å². The molecule has 222 valence electrons. The lowest BCUT2D eigenvalue weighted by Gasteiger charge is -2.29. The highest BCUT2D eigenvalue weighted by Crippen LogP contribution is 2.35. The van der Waals surface area contributed by atoms with Crippen molar-refractivity contribution in [2.45, 2.75) is 63.8 Å². The lowest BCUT2D eigenvalue weighted by molar-refractivity contribution is -0.126. The van der Waals surface area contributed by atoms with E-state index in [4.69, 9.17) is 16.3 Å². The first-order chi connectivity index (χ1) is 19.9. The molecule has 3 heterocycles. The van der Waals surface area contributed by atoms with Gasteiger partial charge in [0, 0.05) is 34.4 Å². The molecule has 1 aliphatic heterocycles. The third-order valence-corrected chi connectivity index (χ3v) is 7.22. The first-order valence-corrected chi connectivity index (χ1v) is 13.8. The van der Waals surface area contributed by atoms with E-state index in [2.05, 4.69) is 30.9 Å². The molecular weight excluding hydrogens is 568 g/mol. The Hall–Kier alpha value is -4.46. The summed E-state index contributed by atoms with van der Waals surface area (Å²) in [7, 11) is 0. The number of fused-ring (bicyclic) bond motifs is 1. The fraction of sp³-hybridized carbons (Fsp3) is 0.444. The summed E-state index contributed by atoms with van der Waals surface area (Å²) in [4.78, 5) is 64.1. The number of aldehydes is 1. The summed E-state index contributed by atoms with van der Waals surface area (Å²) in [5, 5.41) is 17.8. The van der Waals surface area contributed by atoms with Gasteiger partial charge in [-0.25, -0.2) is 24.5 Å². The van der Waals surface area contributed by atoms with Gasteiger partial charge in [-0.3, -0.25) is 14.9 Å². The third-order valence-electron chi connectivity index (χ3n) is 7.01. The number of nitrogens with zero attached hydrogens (tertiary/aromatic N) is 5. The van der Waals surface area contributed by atoms with Gasteiger partial charge < -0.3 is 29.9 Å². The van der Waals surface area contributed by atoms with Crippen molar-refractivity contribution in [2.75, 3.05) is 23.3 Å². The smallest absolute Gasteiger partial charge is 0.413 e. The van der Waals surface area contributed by atoms with E-state index in [1.54, 1.807) is 31.4 Å². The second-order valence-corrected chi connectivity index (χ2v) is 11.9. The number of benzene rings is 1. The molecule has 1 saturated carbocycles. The van der Waals surface area contributed by atoms with Gasteiger partial charge in [0.2, 0.25) is 5.91 Å². The van der Waals surface area contributed by atoms with E-state index in [9.17, 15) is 24.3 Å². The molecular formula is C27H31ClN8O6. The summed E-state index contributed by atoms with van der Waals surface area (Å²) in [5.74, 6) is -0.220. The molecule has 1 aliphatic carbocycles. The van der Waals surface area contributed by atoms with Gasteiger partial charge in [-0.15, -0.1) is 0 Å². The molecule has 15 heteroatoms. The number of carbonyl (C=O) groups is 4. The second kappa shape index (κ2) is 11.1. The number of amides is 3. The largest absolute Gasteiger partial charge is 0.465 e. The molecule has 3 amide bonds. The minimum Gasteiger partial charge on any atom is -0.465 e. The van der Waals surface area contributed by atoms with Crippen LogP contribution in [-0.4, -0.2) is 79.3 Å². The van der Waals surface area contributed by atoms with Crippen LogP contribution in [0.3, 0.4) is 0 Å². The molecule has 1 saturated heterocycles. The van der Waals surface area contributed by atoms with Crippen molar-refractivity contribution in [3.63, 3.8) is 0 Å². The standard InChI is InChI=1S/C27H31ClN8O6/c1-26(2,3)42-25(41)33-21-20-22(30-13-29-21)36(14-31-20)10-18-15(11-37)8-16(28)9-19(18)35-7-6-27(12-35,34-24(39)40)23(38)32-17-4-5-17/h8-9,11,13-14,17,34H,4-7,10,12H2,1-3H3,(H,32,38)(H,39,40)(H,29,30,33,41)/t27-/m1/s1. The highest BCUT2D eigenvalue weighted by molar-refractivity contribution is 6.31. The van der Waals surface area contributed by atoms with Crippen LogP contribution in [0.25, 0.3) is 11.2 Å². The SMILES string of the molecule is CC(C)(C)OC(=O)Nc1ncnc2c1ncn2Cc1c(C=O)cc(Cl)cc1N1CC[C@](NC(=O)O)(C(=O)NC2CC2)C1. The van der Waals surface area contributed by atoms with Crippen molar-refractivity contribution < 1.29 is 29.0 Å². The van der Waals surface area contributed by atoms with Crippen LogP contribution in [0.1, 0.15) is 56.0 Å². The summed E-state index contributed by atoms with van der Waals surface area (Å²) >= 11 is 6.40. The molecule has 0 radical (unpaired) electrons. The first kappa shape index (κ1) is 29.0. The van der Waals surface area contributed by atoms with E-state index in [1.165, 1.54) is 18.7 Å². The van der Waals surface area contributed by atoms with Crippen LogP contribution in [0.15, 0.2) is 24.8 Å². The van der Waals surface area contributed by atoms with Gasteiger partial charge >= 0.3 is 12.2 Å². The average molecular weight is 599 g/mol.